The first kappa shape index (κ1) is 49.8. The fourth-order valence-corrected chi connectivity index (χ4v) is 6.75. The number of hydrogen-bond donors (Lipinski definition) is 2. The molecule has 0 aliphatic heterocycles. The number of phosphoric ester groups is 1. The maximum atomic E-state index is 12.5. The van der Waals surface area contributed by atoms with E-state index in [0.717, 1.165) is 51.4 Å². The van der Waals surface area contributed by atoms with Gasteiger partial charge in [-0.3, -0.25) is 18.6 Å². The van der Waals surface area contributed by atoms with Crippen LogP contribution >= 0.6 is 7.82 Å². The van der Waals surface area contributed by atoms with Crippen LogP contribution in [-0.4, -0.2) is 49.3 Å². The molecule has 0 aliphatic carbocycles. The van der Waals surface area contributed by atoms with Crippen LogP contribution in [-0.2, 0) is 32.7 Å². The fraction of sp³-hybridized carbons (Fsp3) is 0.902. The summed E-state index contributed by atoms with van der Waals surface area (Å²) in [7, 11) is -4.37. The summed E-state index contributed by atoms with van der Waals surface area (Å²) in [6, 6.07) is 0. The molecule has 10 heteroatoms. The van der Waals surface area contributed by atoms with Gasteiger partial charge in [0, 0.05) is 19.4 Å². The normalized spacial score (nSPS) is 13.4. The van der Waals surface area contributed by atoms with Gasteiger partial charge in [-0.05, 0) is 38.5 Å². The predicted octanol–water partition coefficient (Wildman–Crippen LogP) is 11.8. The molecule has 0 rings (SSSR count). The fourth-order valence-electron chi connectivity index (χ4n) is 5.98. The second-order valence-electron chi connectivity index (χ2n) is 14.2. The van der Waals surface area contributed by atoms with Crippen molar-refractivity contribution in [3.63, 3.8) is 0 Å². The van der Waals surface area contributed by atoms with Gasteiger partial charge in [0.05, 0.1) is 13.2 Å². The third kappa shape index (κ3) is 38.3. The minimum atomic E-state index is -4.37. The lowest BCUT2D eigenvalue weighted by Gasteiger charge is -2.19. The van der Waals surface area contributed by atoms with Gasteiger partial charge in [-0.15, -0.1) is 0 Å². The average Bonchev–Trinajstić information content (AvgIpc) is 3.11. The lowest BCUT2D eigenvalue weighted by Crippen LogP contribution is -2.29. The molecule has 0 radical (unpaired) electrons. The predicted molar refractivity (Wildman–Crippen MR) is 211 cm³/mol. The Bertz CT molecular complexity index is 856. The van der Waals surface area contributed by atoms with E-state index in [1.807, 2.05) is 0 Å². The minimum Gasteiger partial charge on any atom is -0.462 e. The molecule has 0 spiro atoms. The second kappa shape index (κ2) is 38.5. The number of rotatable bonds is 40. The third-order valence-corrected chi connectivity index (χ3v) is 10.1. The van der Waals surface area contributed by atoms with Crippen molar-refractivity contribution < 1.29 is 37.6 Å². The SMILES string of the molecule is CCCCCC/C=C/CCCCCCCC(=O)O[C@H](COC(=O)CCCCCCCCCCCCCCCCCCC)COP(=O)(O)OCCN. The summed E-state index contributed by atoms with van der Waals surface area (Å²) in [6.45, 7) is 3.73. The molecular formula is C41H80NO8P. The summed E-state index contributed by atoms with van der Waals surface area (Å²) in [5.74, 6) is -0.829. The van der Waals surface area contributed by atoms with Gasteiger partial charge in [0.25, 0.3) is 0 Å². The van der Waals surface area contributed by atoms with Crippen molar-refractivity contribution in [1.82, 2.24) is 0 Å². The molecule has 0 aliphatic rings. The van der Waals surface area contributed by atoms with E-state index in [2.05, 4.69) is 26.0 Å². The average molecular weight is 746 g/mol. The van der Waals surface area contributed by atoms with Crippen molar-refractivity contribution >= 4 is 19.8 Å². The Morgan fingerprint density at radius 2 is 0.961 bits per heavy atom. The zero-order valence-electron chi connectivity index (χ0n) is 33.1. The van der Waals surface area contributed by atoms with E-state index in [4.69, 9.17) is 24.3 Å². The van der Waals surface area contributed by atoms with Gasteiger partial charge in [0.15, 0.2) is 6.10 Å². The van der Waals surface area contributed by atoms with E-state index in [9.17, 15) is 19.0 Å². The summed E-state index contributed by atoms with van der Waals surface area (Å²) in [5, 5.41) is 0. The molecule has 0 saturated heterocycles. The van der Waals surface area contributed by atoms with Crippen molar-refractivity contribution in [2.75, 3.05) is 26.4 Å². The number of carbonyl (C=O) groups is 2. The maximum absolute atomic E-state index is 12.5. The highest BCUT2D eigenvalue weighted by Crippen LogP contribution is 2.43. The van der Waals surface area contributed by atoms with Crippen LogP contribution < -0.4 is 5.73 Å². The largest absolute Gasteiger partial charge is 0.472 e. The Balaban J connectivity index is 4.12. The van der Waals surface area contributed by atoms with E-state index in [1.54, 1.807) is 0 Å². The highest BCUT2D eigenvalue weighted by atomic mass is 31.2. The van der Waals surface area contributed by atoms with Gasteiger partial charge < -0.3 is 20.1 Å². The first-order chi connectivity index (χ1) is 24.8. The quantitative estimate of drug-likeness (QED) is 0.0272. The third-order valence-electron chi connectivity index (χ3n) is 9.15. The smallest absolute Gasteiger partial charge is 0.462 e. The van der Waals surface area contributed by atoms with Crippen molar-refractivity contribution in [2.24, 2.45) is 5.73 Å². The maximum Gasteiger partial charge on any atom is 0.472 e. The lowest BCUT2D eigenvalue weighted by molar-refractivity contribution is -0.161. The summed E-state index contributed by atoms with van der Waals surface area (Å²) in [4.78, 5) is 34.8. The van der Waals surface area contributed by atoms with Crippen LogP contribution in [0.1, 0.15) is 206 Å². The van der Waals surface area contributed by atoms with Crippen molar-refractivity contribution in [3.8, 4) is 0 Å². The molecule has 0 bridgehead atoms. The van der Waals surface area contributed by atoms with E-state index in [0.29, 0.717) is 6.42 Å². The number of esters is 2. The summed E-state index contributed by atoms with van der Waals surface area (Å²) >= 11 is 0. The molecule has 302 valence electrons. The molecule has 3 N–H and O–H groups in total. The topological polar surface area (TPSA) is 134 Å². The molecule has 0 aromatic heterocycles. The summed E-state index contributed by atoms with van der Waals surface area (Å²) in [6.07, 6.45) is 38.1. The minimum absolute atomic E-state index is 0.0547. The molecule has 0 fully saturated rings. The van der Waals surface area contributed by atoms with Crippen LogP contribution in [0.2, 0.25) is 0 Å². The van der Waals surface area contributed by atoms with Crippen LogP contribution in [0.3, 0.4) is 0 Å². The number of nitrogens with two attached hydrogens (primary N) is 1. The molecule has 0 saturated carbocycles. The molecule has 0 aromatic carbocycles. The van der Waals surface area contributed by atoms with Crippen molar-refractivity contribution in [3.05, 3.63) is 12.2 Å². The van der Waals surface area contributed by atoms with E-state index < -0.39 is 26.5 Å². The number of carbonyl (C=O) groups excluding carboxylic acids is 2. The molecule has 2 atom stereocenters. The van der Waals surface area contributed by atoms with Crippen LogP contribution in [0.15, 0.2) is 12.2 Å². The first-order valence-electron chi connectivity index (χ1n) is 21.2. The Morgan fingerprint density at radius 3 is 1.41 bits per heavy atom. The monoisotopic (exact) mass is 746 g/mol. The van der Waals surface area contributed by atoms with Crippen LogP contribution in [0.4, 0.5) is 0 Å². The number of phosphoric acid groups is 1. The Kier molecular flexibility index (Phi) is 37.5. The number of allylic oxidation sites excluding steroid dienone is 2. The zero-order chi connectivity index (χ0) is 37.5. The number of ether oxygens (including phenoxy) is 2. The number of unbranched alkanes of at least 4 members (excludes halogenated alkanes) is 25. The van der Waals surface area contributed by atoms with Gasteiger partial charge in [-0.25, -0.2) is 4.57 Å². The van der Waals surface area contributed by atoms with E-state index in [-0.39, 0.29) is 38.6 Å². The lowest BCUT2D eigenvalue weighted by atomic mass is 10.0. The standard InChI is InChI=1S/C41H80NO8P/c1-3-5-7-9-11-13-15-17-18-19-20-22-23-25-27-29-31-33-40(43)47-37-39(38-49-51(45,46)48-36-35-42)50-41(44)34-32-30-28-26-24-21-16-14-12-10-8-6-4-2/h14,16,39H,3-13,15,17-38,42H2,1-2H3,(H,45,46)/b16-14+/t39-/m1/s1. The summed E-state index contributed by atoms with van der Waals surface area (Å²) < 4.78 is 32.7. The Labute approximate surface area is 313 Å². The van der Waals surface area contributed by atoms with E-state index >= 15 is 0 Å². The molecule has 9 nitrogen and oxygen atoms in total. The summed E-state index contributed by atoms with van der Waals surface area (Å²) in [5.41, 5.74) is 5.34. The Hall–Kier alpha value is -1.25. The number of hydrogen-bond acceptors (Lipinski definition) is 8. The van der Waals surface area contributed by atoms with Gasteiger partial charge in [-0.1, -0.05) is 167 Å². The van der Waals surface area contributed by atoms with Crippen LogP contribution in [0, 0.1) is 0 Å². The molecule has 0 amide bonds. The first-order valence-corrected chi connectivity index (χ1v) is 22.7. The molecule has 1 unspecified atom stereocenters. The van der Waals surface area contributed by atoms with E-state index in [1.165, 1.54) is 122 Å². The molecule has 0 heterocycles. The van der Waals surface area contributed by atoms with Gasteiger partial charge >= 0.3 is 19.8 Å². The highest BCUT2D eigenvalue weighted by Gasteiger charge is 2.26. The molecular weight excluding hydrogens is 665 g/mol. The van der Waals surface area contributed by atoms with Crippen molar-refractivity contribution in [2.45, 2.75) is 213 Å². The van der Waals surface area contributed by atoms with Crippen LogP contribution in [0.5, 0.6) is 0 Å². The van der Waals surface area contributed by atoms with Gasteiger partial charge in [0.1, 0.15) is 6.61 Å². The van der Waals surface area contributed by atoms with Gasteiger partial charge in [0.2, 0.25) is 0 Å². The van der Waals surface area contributed by atoms with Crippen molar-refractivity contribution in [1.29, 1.82) is 0 Å². The highest BCUT2D eigenvalue weighted by molar-refractivity contribution is 7.47. The van der Waals surface area contributed by atoms with Gasteiger partial charge in [-0.2, -0.15) is 0 Å². The zero-order valence-corrected chi connectivity index (χ0v) is 34.0. The van der Waals surface area contributed by atoms with Crippen LogP contribution in [0.25, 0.3) is 0 Å². The second-order valence-corrected chi connectivity index (χ2v) is 15.7. The molecule has 51 heavy (non-hydrogen) atoms. The molecule has 0 aromatic rings. The Morgan fingerprint density at radius 1 is 0.569 bits per heavy atom.